The molecule has 8 nitrogen and oxygen atoms in total. The molecule has 0 aliphatic rings. The summed E-state index contributed by atoms with van der Waals surface area (Å²) >= 11 is 7.09. The van der Waals surface area contributed by atoms with Crippen LogP contribution in [0.1, 0.15) is 30.5 Å². The molecule has 0 saturated carbocycles. The Balaban J connectivity index is 0.00000112. The maximum Gasteiger partial charge on any atom is 0.373 e. The van der Waals surface area contributed by atoms with Crippen LogP contribution in [0.25, 0.3) is 39.0 Å². The molecule has 0 spiro atoms. The van der Waals surface area contributed by atoms with E-state index < -0.39 is 17.9 Å². The second kappa shape index (κ2) is 12.0. The number of hydrogen-bond donors (Lipinski definition) is 3. The summed E-state index contributed by atoms with van der Waals surface area (Å²) in [6.45, 7) is 2.01. The van der Waals surface area contributed by atoms with Crippen LogP contribution in [-0.2, 0) is 20.8 Å². The van der Waals surface area contributed by atoms with Crippen LogP contribution >= 0.6 is 56.7 Å². The van der Waals surface area contributed by atoms with Gasteiger partial charge < -0.3 is 15.3 Å². The molecule has 0 amide bonds. The Morgan fingerprint density at radius 3 is 1.59 bits per heavy atom. The van der Waals surface area contributed by atoms with Gasteiger partial charge in [0.05, 0.1) is 6.42 Å². The molecule has 5 aromatic heterocycles. The zero-order valence-electron chi connectivity index (χ0n) is 19.8. The van der Waals surface area contributed by atoms with Crippen molar-refractivity contribution in [2.24, 2.45) is 0 Å². The molecule has 0 unspecified atom stereocenters. The smallest absolute Gasteiger partial charge is 0.373 e. The molecule has 39 heavy (non-hydrogen) atoms. The van der Waals surface area contributed by atoms with E-state index in [1.165, 1.54) is 22.7 Å². The Bertz CT molecular complexity index is 1720. The minimum Gasteiger partial charge on any atom is -0.481 e. The van der Waals surface area contributed by atoms with Crippen LogP contribution < -0.4 is 0 Å². The fourth-order valence-corrected chi connectivity index (χ4v) is 9.19. The van der Waals surface area contributed by atoms with E-state index in [0.29, 0.717) is 10.4 Å². The third kappa shape index (κ3) is 6.31. The first-order valence-electron chi connectivity index (χ1n) is 10.8. The number of carboxylic acid groups (broad SMARTS) is 3. The molecule has 0 saturated heterocycles. The van der Waals surface area contributed by atoms with E-state index in [4.69, 9.17) is 9.59 Å². The molecule has 0 fully saturated rings. The van der Waals surface area contributed by atoms with Crippen molar-refractivity contribution in [3.05, 3.63) is 69.4 Å². The molecule has 0 atom stereocenters. The van der Waals surface area contributed by atoms with Crippen LogP contribution in [-0.4, -0.2) is 39.4 Å². The predicted molar refractivity (Wildman–Crippen MR) is 153 cm³/mol. The van der Waals surface area contributed by atoms with Crippen molar-refractivity contribution in [3.8, 4) is 39.0 Å². The van der Waals surface area contributed by atoms with Gasteiger partial charge in [0.2, 0.25) is 0 Å². The lowest BCUT2D eigenvalue weighted by Crippen LogP contribution is -1.99. The molecule has 3 N–H and O–H groups in total. The Hall–Kier alpha value is -3.71. The minimum atomic E-state index is -1.00. The normalized spacial score (nSPS) is 10.5. The topological polar surface area (TPSA) is 146 Å². The summed E-state index contributed by atoms with van der Waals surface area (Å²) < 4.78 is 0. The van der Waals surface area contributed by atoms with Gasteiger partial charge in [0, 0.05) is 39.0 Å². The number of carbonyl (C=O) groups excluding carboxylic acids is 2. The Morgan fingerprint density at radius 2 is 1.10 bits per heavy atom. The molecular weight excluding hydrogens is 601 g/mol. The highest BCUT2D eigenvalue weighted by Gasteiger charge is 2.20. The Kier molecular flexibility index (Phi) is 8.70. The highest BCUT2D eigenvalue weighted by atomic mass is 32.1. The number of aliphatic carboxylic acids is 1. The lowest BCUT2D eigenvalue weighted by atomic mass is 10.1. The van der Waals surface area contributed by atoms with Gasteiger partial charge in [-0.1, -0.05) is 0 Å². The van der Waals surface area contributed by atoms with Crippen molar-refractivity contribution >= 4 is 80.7 Å². The third-order valence-corrected chi connectivity index (χ3v) is 11.6. The van der Waals surface area contributed by atoms with Gasteiger partial charge in [-0.25, -0.2) is 9.59 Å². The van der Waals surface area contributed by atoms with E-state index >= 15 is 0 Å². The van der Waals surface area contributed by atoms with Crippen LogP contribution in [0.2, 0.25) is 0 Å². The quantitative estimate of drug-likeness (QED) is 0.163. The zero-order valence-corrected chi connectivity index (χ0v) is 23.8. The molecule has 198 valence electrons. The van der Waals surface area contributed by atoms with E-state index in [0.717, 1.165) is 55.9 Å². The first-order valence-corrected chi connectivity index (χ1v) is 14.9. The van der Waals surface area contributed by atoms with Gasteiger partial charge in [-0.05, 0) is 66.6 Å². The van der Waals surface area contributed by atoms with Gasteiger partial charge >= 0.3 is 24.1 Å². The van der Waals surface area contributed by atoms with Crippen molar-refractivity contribution in [3.63, 3.8) is 0 Å². The predicted octanol–water partition coefficient (Wildman–Crippen LogP) is 7.41. The van der Waals surface area contributed by atoms with Crippen LogP contribution in [0.4, 0.5) is 0 Å². The summed E-state index contributed by atoms with van der Waals surface area (Å²) in [5, 5.41) is 27.9. The van der Waals surface area contributed by atoms with E-state index in [9.17, 15) is 29.7 Å². The van der Waals surface area contributed by atoms with Crippen molar-refractivity contribution in [1.82, 2.24) is 0 Å². The highest BCUT2D eigenvalue weighted by Crippen LogP contribution is 2.47. The first kappa shape index (κ1) is 28.3. The molecule has 13 heteroatoms. The first-order chi connectivity index (χ1) is 18.6. The lowest BCUT2D eigenvalue weighted by molar-refractivity contribution is -0.191. The zero-order chi connectivity index (χ0) is 28.3. The summed E-state index contributed by atoms with van der Waals surface area (Å²) in [4.78, 5) is 58.4. The summed E-state index contributed by atoms with van der Waals surface area (Å²) in [6, 6.07) is 14.8. The molecule has 5 heterocycles. The van der Waals surface area contributed by atoms with Gasteiger partial charge in [0.25, 0.3) is 0 Å². The maximum absolute atomic E-state index is 11.5. The summed E-state index contributed by atoms with van der Waals surface area (Å²) in [6.07, 6.45) is 0.108. The van der Waals surface area contributed by atoms with Gasteiger partial charge in [0.15, 0.2) is 0 Å². The van der Waals surface area contributed by atoms with Crippen LogP contribution in [0.3, 0.4) is 0 Å². The van der Waals surface area contributed by atoms with Gasteiger partial charge in [0.1, 0.15) is 9.75 Å². The number of aromatic carboxylic acids is 2. The molecule has 0 radical (unpaired) electrons. The third-order valence-electron chi connectivity index (χ3n) is 5.24. The molecule has 5 aromatic rings. The van der Waals surface area contributed by atoms with Crippen molar-refractivity contribution in [2.45, 2.75) is 13.3 Å². The summed E-state index contributed by atoms with van der Waals surface area (Å²) in [7, 11) is 0. The van der Waals surface area contributed by atoms with Crippen molar-refractivity contribution in [1.29, 1.82) is 0 Å². The molecule has 0 bridgehead atoms. The number of carboxylic acids is 3. The number of rotatable bonds is 8. The average molecular weight is 617 g/mol. The molecule has 0 aromatic carbocycles. The van der Waals surface area contributed by atoms with Gasteiger partial charge in [-0.2, -0.15) is 9.59 Å². The van der Waals surface area contributed by atoms with Gasteiger partial charge in [-0.15, -0.1) is 56.7 Å². The molecule has 0 aliphatic carbocycles. The Morgan fingerprint density at radius 1 is 0.641 bits per heavy atom. The van der Waals surface area contributed by atoms with Gasteiger partial charge in [-0.3, -0.25) is 4.79 Å². The van der Waals surface area contributed by atoms with E-state index in [2.05, 4.69) is 6.07 Å². The minimum absolute atomic E-state index is 0.142. The largest absolute Gasteiger partial charge is 0.481 e. The van der Waals surface area contributed by atoms with Crippen LogP contribution in [0, 0.1) is 6.92 Å². The molecule has 0 aliphatic heterocycles. The number of hydrogen-bond acceptors (Lipinski definition) is 10. The fraction of sp³-hybridized carbons (Fsp3) is 0.0769. The number of carbonyl (C=O) groups is 3. The van der Waals surface area contributed by atoms with Crippen molar-refractivity contribution in [2.75, 3.05) is 0 Å². The van der Waals surface area contributed by atoms with E-state index in [1.54, 1.807) is 40.9 Å². The van der Waals surface area contributed by atoms with Crippen LogP contribution in [0.15, 0.2) is 48.5 Å². The Labute approximate surface area is 240 Å². The number of thiophene rings is 5. The molecular formula is C26H16O8S5. The van der Waals surface area contributed by atoms with E-state index in [1.807, 2.05) is 31.2 Å². The summed E-state index contributed by atoms with van der Waals surface area (Å²) in [5.41, 5.74) is 1.75. The fourth-order valence-electron chi connectivity index (χ4n) is 3.65. The van der Waals surface area contributed by atoms with Crippen molar-refractivity contribution < 1.29 is 39.3 Å². The second-order valence-electron chi connectivity index (χ2n) is 7.84. The summed E-state index contributed by atoms with van der Waals surface area (Å²) in [5.74, 6) is -2.87. The molecule has 5 rings (SSSR count). The van der Waals surface area contributed by atoms with E-state index in [-0.39, 0.29) is 17.4 Å². The number of aryl methyl sites for hydroxylation is 1. The highest BCUT2D eigenvalue weighted by molar-refractivity contribution is 7.30. The average Bonchev–Trinajstić information content (AvgIpc) is 3.68. The standard InChI is InChI=1S/C25H16O6S5.CO2/c1-11-8-19(35-22(11)15-4-6-17(33-15)24(28)29)13-2-3-14(32-13)20-9-12(10-21(26)27)23(36-20)16-5-7-18(34-16)25(30)31;2-1-3/h2-9H,10H2,1H3,(H,26,27)(H,28,29)(H,30,31);. The SMILES string of the molecule is Cc1cc(-c2ccc(-c3cc(CC(=O)O)c(-c4ccc(C(=O)O)s4)s3)s2)sc1-c1ccc(C(=O)O)s1.O=C=O. The second-order valence-corrected chi connectivity index (χ2v) is 13.2. The lowest BCUT2D eigenvalue weighted by Gasteiger charge is -1.97. The monoisotopic (exact) mass is 616 g/mol. The van der Waals surface area contributed by atoms with Crippen LogP contribution in [0.5, 0.6) is 0 Å². The maximum atomic E-state index is 11.5.